The predicted molar refractivity (Wildman–Crippen MR) is 189 cm³/mol. The average Bonchev–Trinajstić information content (AvgIpc) is 3.02. The highest BCUT2D eigenvalue weighted by Gasteiger charge is 2.12. The quantitative estimate of drug-likeness (QED) is 0.0427. The van der Waals surface area contributed by atoms with Crippen LogP contribution in [0.2, 0.25) is 0 Å². The maximum absolute atomic E-state index is 12.6. The first-order valence-electron chi connectivity index (χ1n) is 18.6. The Bertz CT molecular complexity index is 788. The molecule has 0 heterocycles. The van der Waals surface area contributed by atoms with E-state index in [1.807, 2.05) is 0 Å². The molecule has 45 heavy (non-hydrogen) atoms. The Balaban J connectivity index is 4.21. The first-order valence-corrected chi connectivity index (χ1v) is 18.6. The summed E-state index contributed by atoms with van der Waals surface area (Å²) in [6.45, 7) is 4.16. The van der Waals surface area contributed by atoms with Crippen LogP contribution in [0.15, 0.2) is 36.5 Å². The first-order chi connectivity index (χ1) is 22.0. The zero-order valence-electron chi connectivity index (χ0n) is 29.2. The number of aliphatic carboxylic acids is 1. The lowest BCUT2D eigenvalue weighted by Crippen LogP contribution is -2.28. The maximum atomic E-state index is 12.6. The lowest BCUT2D eigenvalue weighted by Gasteiger charge is -2.15. The minimum Gasteiger partial charge on any atom is -0.480 e. The molecule has 1 amide bonds. The van der Waals surface area contributed by atoms with Gasteiger partial charge in [0.1, 0.15) is 12.6 Å². The van der Waals surface area contributed by atoms with Gasteiger partial charge in [0.05, 0.1) is 0 Å². The maximum Gasteiger partial charge on any atom is 0.322 e. The Hall–Kier alpha value is -2.37. The van der Waals surface area contributed by atoms with Crippen molar-refractivity contribution in [3.05, 3.63) is 36.5 Å². The van der Waals surface area contributed by atoms with Crippen molar-refractivity contribution >= 4 is 17.8 Å². The molecule has 0 saturated heterocycles. The highest BCUT2D eigenvalue weighted by atomic mass is 16.5. The fourth-order valence-corrected chi connectivity index (χ4v) is 5.22. The van der Waals surface area contributed by atoms with Gasteiger partial charge in [-0.25, -0.2) is 0 Å². The largest absolute Gasteiger partial charge is 0.480 e. The Labute approximate surface area is 276 Å². The highest BCUT2D eigenvalue weighted by molar-refractivity contribution is 5.80. The van der Waals surface area contributed by atoms with Crippen LogP contribution in [0.1, 0.15) is 181 Å². The molecule has 0 rings (SSSR count). The van der Waals surface area contributed by atoms with Crippen molar-refractivity contribution in [3.63, 3.8) is 0 Å². The molecular formula is C39H69NO5. The van der Waals surface area contributed by atoms with Crippen molar-refractivity contribution in [1.29, 1.82) is 0 Å². The number of carbonyl (C=O) groups is 3. The normalized spacial score (nSPS) is 12.4. The lowest BCUT2D eigenvalue weighted by atomic mass is 10.1. The number of carbonyl (C=O) groups excluding carboxylic acids is 2. The van der Waals surface area contributed by atoms with Crippen molar-refractivity contribution in [2.45, 2.75) is 187 Å². The molecule has 0 bridgehead atoms. The van der Waals surface area contributed by atoms with E-state index in [0.29, 0.717) is 12.8 Å². The van der Waals surface area contributed by atoms with Gasteiger partial charge in [-0.3, -0.25) is 14.4 Å². The molecule has 6 heteroatoms. The molecule has 2 N–H and O–H groups in total. The van der Waals surface area contributed by atoms with Gasteiger partial charge in [-0.2, -0.15) is 0 Å². The number of ether oxygens (including phenoxy) is 1. The summed E-state index contributed by atoms with van der Waals surface area (Å²) in [5.41, 5.74) is 0. The second-order valence-corrected chi connectivity index (χ2v) is 12.5. The molecule has 0 spiro atoms. The second-order valence-electron chi connectivity index (χ2n) is 12.5. The van der Waals surface area contributed by atoms with Crippen molar-refractivity contribution in [3.8, 4) is 0 Å². The summed E-state index contributed by atoms with van der Waals surface area (Å²) in [5, 5.41) is 11.1. The summed E-state index contributed by atoms with van der Waals surface area (Å²) in [7, 11) is 0. The third kappa shape index (κ3) is 34.3. The topological polar surface area (TPSA) is 92.7 Å². The third-order valence-corrected chi connectivity index (χ3v) is 8.02. The molecule has 260 valence electrons. The highest BCUT2D eigenvalue weighted by Crippen LogP contribution is 2.15. The summed E-state index contributed by atoms with van der Waals surface area (Å²) in [6.07, 6.45) is 41.2. The number of hydrogen-bond donors (Lipinski definition) is 2. The standard InChI is InChI=1S/C39H69NO5/c1-3-5-7-9-11-13-14-15-16-17-18-20-22-24-30-34-39(44)45-36(31-27-23-21-19-12-10-8-6-4-2)32-28-25-26-29-33-37(41)40-35-38(42)43/h11,13,15-16,27,31,36H,3-10,12,14,17-26,28-30,32-35H2,1-2H3,(H,40,41)(H,42,43)/b13-11-,16-15-,31-27-. The zero-order chi connectivity index (χ0) is 33.1. The van der Waals surface area contributed by atoms with E-state index in [1.165, 1.54) is 83.5 Å². The van der Waals surface area contributed by atoms with Gasteiger partial charge in [0, 0.05) is 12.8 Å². The molecule has 0 aliphatic heterocycles. The Morgan fingerprint density at radius 2 is 1.09 bits per heavy atom. The van der Waals surface area contributed by atoms with E-state index >= 15 is 0 Å². The molecule has 6 nitrogen and oxygen atoms in total. The number of amides is 1. The smallest absolute Gasteiger partial charge is 0.322 e. The fourth-order valence-electron chi connectivity index (χ4n) is 5.22. The monoisotopic (exact) mass is 632 g/mol. The number of hydrogen-bond acceptors (Lipinski definition) is 4. The Morgan fingerprint density at radius 1 is 0.600 bits per heavy atom. The fraction of sp³-hybridized carbons (Fsp3) is 0.769. The van der Waals surface area contributed by atoms with Crippen LogP contribution >= 0.6 is 0 Å². The molecule has 0 radical (unpaired) electrons. The van der Waals surface area contributed by atoms with Crippen molar-refractivity contribution in [1.82, 2.24) is 5.32 Å². The Morgan fingerprint density at radius 3 is 1.71 bits per heavy atom. The second kappa shape index (κ2) is 34.5. The Kier molecular flexibility index (Phi) is 32.7. The van der Waals surface area contributed by atoms with Gasteiger partial charge in [-0.05, 0) is 76.7 Å². The van der Waals surface area contributed by atoms with Gasteiger partial charge in [0.25, 0.3) is 0 Å². The number of carboxylic acid groups (broad SMARTS) is 1. The van der Waals surface area contributed by atoms with Crippen molar-refractivity contribution < 1.29 is 24.2 Å². The molecule has 0 aliphatic carbocycles. The van der Waals surface area contributed by atoms with Gasteiger partial charge in [0.2, 0.25) is 5.91 Å². The molecule has 1 atom stereocenters. The summed E-state index contributed by atoms with van der Waals surface area (Å²) >= 11 is 0. The molecule has 1 unspecified atom stereocenters. The first kappa shape index (κ1) is 42.6. The van der Waals surface area contributed by atoms with E-state index in [-0.39, 0.29) is 24.5 Å². The van der Waals surface area contributed by atoms with Crippen molar-refractivity contribution in [2.24, 2.45) is 0 Å². The average molecular weight is 632 g/mol. The van der Waals surface area contributed by atoms with Crippen LogP contribution in [0.4, 0.5) is 0 Å². The van der Waals surface area contributed by atoms with E-state index in [0.717, 1.165) is 70.6 Å². The van der Waals surface area contributed by atoms with Crippen LogP contribution in [0.3, 0.4) is 0 Å². The van der Waals surface area contributed by atoms with Crippen LogP contribution in [0.25, 0.3) is 0 Å². The zero-order valence-corrected chi connectivity index (χ0v) is 29.2. The van der Waals surface area contributed by atoms with Crippen LogP contribution in [0, 0.1) is 0 Å². The van der Waals surface area contributed by atoms with Crippen LogP contribution in [-0.4, -0.2) is 35.6 Å². The van der Waals surface area contributed by atoms with Gasteiger partial charge in [0.15, 0.2) is 0 Å². The van der Waals surface area contributed by atoms with Gasteiger partial charge in [-0.15, -0.1) is 0 Å². The molecule has 0 aromatic carbocycles. The predicted octanol–water partition coefficient (Wildman–Crippen LogP) is 10.9. The van der Waals surface area contributed by atoms with Crippen LogP contribution < -0.4 is 5.32 Å². The summed E-state index contributed by atoms with van der Waals surface area (Å²) < 4.78 is 5.88. The summed E-state index contributed by atoms with van der Waals surface area (Å²) in [6, 6.07) is 0. The molecule has 0 aromatic heterocycles. The molecule has 0 aromatic rings. The lowest BCUT2D eigenvalue weighted by molar-refractivity contribution is -0.147. The van der Waals surface area contributed by atoms with E-state index in [2.05, 4.69) is 55.6 Å². The van der Waals surface area contributed by atoms with E-state index < -0.39 is 5.97 Å². The number of esters is 1. The van der Waals surface area contributed by atoms with E-state index in [9.17, 15) is 14.4 Å². The number of rotatable bonds is 33. The number of allylic oxidation sites excluding steroid dienone is 5. The van der Waals surface area contributed by atoms with E-state index in [1.54, 1.807) is 0 Å². The SMILES string of the molecule is CCCCC/C=C\C/C=C\CCCCCCCC(=O)OC(/C=C\CCCCCCCCC)CCCCCCC(=O)NCC(=O)O. The van der Waals surface area contributed by atoms with Crippen molar-refractivity contribution in [2.75, 3.05) is 6.54 Å². The molecular weight excluding hydrogens is 562 g/mol. The third-order valence-electron chi connectivity index (χ3n) is 8.02. The van der Waals surface area contributed by atoms with Gasteiger partial charge in [-0.1, -0.05) is 128 Å². The minimum absolute atomic E-state index is 0.0960. The molecule has 0 saturated carbocycles. The molecule has 0 aliphatic rings. The number of nitrogens with one attached hydrogen (secondary N) is 1. The summed E-state index contributed by atoms with van der Waals surface area (Å²) in [4.78, 5) is 34.8. The van der Waals surface area contributed by atoms with Gasteiger partial charge >= 0.3 is 11.9 Å². The number of unbranched alkanes of at least 4 members (excludes halogenated alkanes) is 18. The minimum atomic E-state index is -1.03. The van der Waals surface area contributed by atoms with Gasteiger partial charge < -0.3 is 15.2 Å². The molecule has 0 fully saturated rings. The number of carboxylic acids is 1. The van der Waals surface area contributed by atoms with Crippen LogP contribution in [-0.2, 0) is 19.1 Å². The van der Waals surface area contributed by atoms with Crippen LogP contribution in [0.5, 0.6) is 0 Å². The van der Waals surface area contributed by atoms with E-state index in [4.69, 9.17) is 9.84 Å². The summed E-state index contributed by atoms with van der Waals surface area (Å²) in [5.74, 6) is -1.34.